The van der Waals surface area contributed by atoms with E-state index in [0.717, 1.165) is 64.2 Å². The van der Waals surface area contributed by atoms with Gasteiger partial charge < -0.3 is 29.9 Å². The third-order valence-electron chi connectivity index (χ3n) is 10.9. The molecule has 0 aromatic heterocycles. The summed E-state index contributed by atoms with van der Waals surface area (Å²) in [7, 11) is 0. The van der Waals surface area contributed by atoms with Crippen LogP contribution in [-0.2, 0) is 19.1 Å². The van der Waals surface area contributed by atoms with Crippen LogP contribution in [0.15, 0.2) is 12.2 Å². The van der Waals surface area contributed by atoms with E-state index in [1.54, 1.807) is 6.08 Å². The predicted octanol–water partition coefficient (Wildman–Crippen LogP) is 10.1. The summed E-state index contributed by atoms with van der Waals surface area (Å²) in [4.78, 5) is 24.5. The van der Waals surface area contributed by atoms with Gasteiger partial charge in [0.25, 0.3) is 0 Å². The molecular weight excluding hydrogens is 656 g/mol. The molecule has 0 unspecified atom stereocenters. The Morgan fingerprint density at radius 3 is 1.62 bits per heavy atom. The van der Waals surface area contributed by atoms with Crippen LogP contribution in [0.5, 0.6) is 0 Å². The molecule has 4 N–H and O–H groups in total. The normalized spacial score (nSPS) is 20.0. The third-order valence-corrected chi connectivity index (χ3v) is 10.9. The highest BCUT2D eigenvalue weighted by atomic mass is 16.6. The number of rotatable bonds is 36. The molecule has 1 saturated carbocycles. The van der Waals surface area contributed by atoms with Crippen LogP contribution in [0.2, 0.25) is 0 Å². The van der Waals surface area contributed by atoms with Gasteiger partial charge in [-0.25, -0.2) is 0 Å². The molecule has 1 fully saturated rings. The number of ether oxygens (including phenoxy) is 2. The molecule has 1 rings (SSSR count). The van der Waals surface area contributed by atoms with Crippen LogP contribution in [0.25, 0.3) is 0 Å². The van der Waals surface area contributed by atoms with Gasteiger partial charge in [-0.2, -0.15) is 0 Å². The van der Waals surface area contributed by atoms with Gasteiger partial charge in [0.1, 0.15) is 6.61 Å². The summed E-state index contributed by atoms with van der Waals surface area (Å²) in [5.41, 5.74) is 0. The van der Waals surface area contributed by atoms with E-state index in [1.165, 1.54) is 96.3 Å². The standard InChI is InChI=1S/C44H82O8/c1-3-5-7-8-9-10-11-12-13-14-15-16-17-18-19-20-21-27-31-44(50)52-38(35-45)36-51-43(49)30-26-23-22-25-29-39-40(42(48)34-41(39)47)33-32-37(46)28-24-6-4-2/h32-33,37-42,45-48H,3-31,34-36H2,1-2H3/b33-32+/t37-,38-,39+,40+,41-,42+/m0/s1. The average Bonchev–Trinajstić information content (AvgIpc) is 3.40. The molecule has 0 radical (unpaired) electrons. The highest BCUT2D eigenvalue weighted by Gasteiger charge is 2.39. The van der Waals surface area contributed by atoms with Crippen molar-refractivity contribution in [3.8, 4) is 0 Å². The summed E-state index contributed by atoms with van der Waals surface area (Å²) in [5.74, 6) is -0.901. The summed E-state index contributed by atoms with van der Waals surface area (Å²) in [6, 6.07) is 0. The minimum absolute atomic E-state index is 0.0315. The van der Waals surface area contributed by atoms with Crippen molar-refractivity contribution in [3.63, 3.8) is 0 Å². The zero-order valence-electron chi connectivity index (χ0n) is 33.7. The molecular formula is C44H82O8. The number of aliphatic hydroxyl groups is 4. The molecule has 52 heavy (non-hydrogen) atoms. The van der Waals surface area contributed by atoms with E-state index in [4.69, 9.17) is 9.47 Å². The zero-order chi connectivity index (χ0) is 38.1. The molecule has 0 aromatic rings. The average molecular weight is 739 g/mol. The first kappa shape index (κ1) is 48.5. The van der Waals surface area contributed by atoms with Gasteiger partial charge in [-0.3, -0.25) is 9.59 Å². The fourth-order valence-corrected chi connectivity index (χ4v) is 7.53. The Bertz CT molecular complexity index is 863. The summed E-state index contributed by atoms with van der Waals surface area (Å²) >= 11 is 0. The van der Waals surface area contributed by atoms with E-state index in [1.807, 2.05) is 6.08 Å². The molecule has 0 heterocycles. The van der Waals surface area contributed by atoms with E-state index in [0.29, 0.717) is 25.7 Å². The SMILES string of the molecule is CCCCCCCCCCCCCCCCCCCCC(=O)O[C@@H](CO)COC(=O)CCCCCC[C@@H]1[C@@H](/C=C/[C@@H](O)CCCCC)[C@H](O)C[C@@H]1O. The number of hydrogen-bond donors (Lipinski definition) is 4. The fraction of sp³-hybridized carbons (Fsp3) is 0.909. The van der Waals surface area contributed by atoms with Gasteiger partial charge in [-0.1, -0.05) is 174 Å². The van der Waals surface area contributed by atoms with Crippen molar-refractivity contribution >= 4 is 11.9 Å². The predicted molar refractivity (Wildman–Crippen MR) is 212 cm³/mol. The Morgan fingerprint density at radius 1 is 0.635 bits per heavy atom. The molecule has 8 heteroatoms. The number of unbranched alkanes of at least 4 members (excludes halogenated alkanes) is 22. The molecule has 1 aliphatic carbocycles. The van der Waals surface area contributed by atoms with Crippen molar-refractivity contribution in [3.05, 3.63) is 12.2 Å². The molecule has 0 aromatic carbocycles. The highest BCUT2D eigenvalue weighted by molar-refractivity contribution is 5.70. The minimum atomic E-state index is -0.834. The summed E-state index contributed by atoms with van der Waals surface area (Å²) in [6.45, 7) is 3.89. The van der Waals surface area contributed by atoms with Gasteiger partial charge in [-0.15, -0.1) is 0 Å². The number of hydrogen-bond acceptors (Lipinski definition) is 8. The maximum absolute atomic E-state index is 12.3. The quantitative estimate of drug-likeness (QED) is 0.0284. The topological polar surface area (TPSA) is 134 Å². The van der Waals surface area contributed by atoms with Crippen LogP contribution in [0.3, 0.4) is 0 Å². The summed E-state index contributed by atoms with van der Waals surface area (Å²) in [6.07, 6.45) is 33.4. The smallest absolute Gasteiger partial charge is 0.306 e. The Labute approximate surface area is 318 Å². The second kappa shape index (κ2) is 34.0. The van der Waals surface area contributed by atoms with Crippen LogP contribution >= 0.6 is 0 Å². The third kappa shape index (κ3) is 26.3. The van der Waals surface area contributed by atoms with Gasteiger partial charge >= 0.3 is 11.9 Å². The Balaban J connectivity index is 2.02. The molecule has 306 valence electrons. The first-order chi connectivity index (χ1) is 25.3. The first-order valence-electron chi connectivity index (χ1n) is 22.0. The van der Waals surface area contributed by atoms with Crippen LogP contribution in [0, 0.1) is 11.8 Å². The van der Waals surface area contributed by atoms with Gasteiger partial charge in [0.2, 0.25) is 0 Å². The maximum Gasteiger partial charge on any atom is 0.306 e. The van der Waals surface area contributed by atoms with Crippen molar-refractivity contribution in [2.45, 2.75) is 231 Å². The lowest BCUT2D eigenvalue weighted by molar-refractivity contribution is -0.161. The molecule has 0 spiro atoms. The Kier molecular flexibility index (Phi) is 31.8. The molecule has 6 atom stereocenters. The monoisotopic (exact) mass is 739 g/mol. The van der Waals surface area contributed by atoms with Crippen LogP contribution in [0.1, 0.15) is 206 Å². The van der Waals surface area contributed by atoms with Gasteiger partial charge in [0.15, 0.2) is 6.10 Å². The lowest BCUT2D eigenvalue weighted by Crippen LogP contribution is -2.28. The molecule has 1 aliphatic rings. The van der Waals surface area contributed by atoms with Crippen molar-refractivity contribution in [2.75, 3.05) is 13.2 Å². The number of carbonyl (C=O) groups excluding carboxylic acids is 2. The Hall–Kier alpha value is -1.48. The first-order valence-corrected chi connectivity index (χ1v) is 22.0. The number of carbonyl (C=O) groups is 2. The lowest BCUT2D eigenvalue weighted by Gasteiger charge is -2.21. The van der Waals surface area contributed by atoms with Gasteiger partial charge in [0, 0.05) is 25.2 Å². The molecule has 0 saturated heterocycles. The summed E-state index contributed by atoms with van der Waals surface area (Å²) in [5, 5.41) is 40.8. The highest BCUT2D eigenvalue weighted by Crippen LogP contribution is 2.37. The number of aliphatic hydroxyl groups excluding tert-OH is 4. The van der Waals surface area contributed by atoms with Gasteiger partial charge in [0.05, 0.1) is 24.9 Å². The second-order valence-electron chi connectivity index (χ2n) is 15.8. The van der Waals surface area contributed by atoms with Crippen LogP contribution < -0.4 is 0 Å². The lowest BCUT2D eigenvalue weighted by atomic mass is 9.88. The van der Waals surface area contributed by atoms with E-state index in [-0.39, 0.29) is 43.4 Å². The van der Waals surface area contributed by atoms with E-state index >= 15 is 0 Å². The Morgan fingerprint density at radius 2 is 1.10 bits per heavy atom. The zero-order valence-corrected chi connectivity index (χ0v) is 33.7. The van der Waals surface area contributed by atoms with E-state index < -0.39 is 24.4 Å². The molecule has 0 aliphatic heterocycles. The van der Waals surface area contributed by atoms with Crippen LogP contribution in [0.4, 0.5) is 0 Å². The summed E-state index contributed by atoms with van der Waals surface area (Å²) < 4.78 is 10.6. The number of esters is 2. The van der Waals surface area contributed by atoms with Crippen molar-refractivity contribution < 1.29 is 39.5 Å². The van der Waals surface area contributed by atoms with Gasteiger partial charge in [-0.05, 0) is 31.6 Å². The van der Waals surface area contributed by atoms with E-state index in [9.17, 15) is 30.0 Å². The molecule has 0 amide bonds. The van der Waals surface area contributed by atoms with Crippen LogP contribution in [-0.4, -0.2) is 70.0 Å². The van der Waals surface area contributed by atoms with Crippen molar-refractivity contribution in [1.29, 1.82) is 0 Å². The largest absolute Gasteiger partial charge is 0.462 e. The molecule has 8 nitrogen and oxygen atoms in total. The van der Waals surface area contributed by atoms with E-state index in [2.05, 4.69) is 13.8 Å². The fourth-order valence-electron chi connectivity index (χ4n) is 7.53. The second-order valence-corrected chi connectivity index (χ2v) is 15.8. The van der Waals surface area contributed by atoms with Crippen molar-refractivity contribution in [1.82, 2.24) is 0 Å². The maximum atomic E-state index is 12.3. The minimum Gasteiger partial charge on any atom is -0.462 e. The van der Waals surface area contributed by atoms with Crippen molar-refractivity contribution in [2.24, 2.45) is 11.8 Å². The molecule has 0 bridgehead atoms.